The number of hydrogen-bond acceptors (Lipinski definition) is 2. The number of carbonyl (C=O) groups excluding carboxylic acids is 1. The highest BCUT2D eigenvalue weighted by molar-refractivity contribution is 5.94. The van der Waals surface area contributed by atoms with Gasteiger partial charge in [0.1, 0.15) is 0 Å². The lowest BCUT2D eigenvalue weighted by Gasteiger charge is -2.33. The first kappa shape index (κ1) is 12.7. The summed E-state index contributed by atoms with van der Waals surface area (Å²) in [5, 5.41) is 3.63. The van der Waals surface area contributed by atoms with Crippen LogP contribution in [0.3, 0.4) is 0 Å². The van der Waals surface area contributed by atoms with Gasteiger partial charge in [-0.1, -0.05) is 18.2 Å². The first-order valence-corrected chi connectivity index (χ1v) is 7.40. The van der Waals surface area contributed by atoms with Gasteiger partial charge in [-0.25, -0.2) is 0 Å². The summed E-state index contributed by atoms with van der Waals surface area (Å²) in [7, 11) is 0. The van der Waals surface area contributed by atoms with Gasteiger partial charge in [-0.15, -0.1) is 0 Å². The number of benzene rings is 1. The highest BCUT2D eigenvalue weighted by Crippen LogP contribution is 2.28. The van der Waals surface area contributed by atoms with Crippen LogP contribution in [0.2, 0.25) is 0 Å². The maximum absolute atomic E-state index is 12.4. The number of rotatable bonds is 4. The average Bonchev–Trinajstić information content (AvgIpc) is 3.30. The molecule has 3 heteroatoms. The van der Waals surface area contributed by atoms with Gasteiger partial charge in [-0.2, -0.15) is 0 Å². The van der Waals surface area contributed by atoms with E-state index in [1.165, 1.54) is 19.3 Å². The second kappa shape index (κ2) is 5.74. The van der Waals surface area contributed by atoms with E-state index >= 15 is 0 Å². The van der Waals surface area contributed by atoms with Crippen LogP contribution in [0.25, 0.3) is 0 Å². The fraction of sp³-hybridized carbons (Fsp3) is 0.562. The summed E-state index contributed by atoms with van der Waals surface area (Å²) in [5.74, 6) is 1.08. The molecule has 1 saturated heterocycles. The Bertz CT molecular complexity index is 428. The normalized spacial score (nSPS) is 23.4. The quantitative estimate of drug-likeness (QED) is 0.898. The molecule has 1 amide bonds. The minimum Gasteiger partial charge on any atom is -0.337 e. The zero-order chi connectivity index (χ0) is 13.1. The van der Waals surface area contributed by atoms with Crippen LogP contribution in [-0.4, -0.2) is 36.5 Å². The van der Waals surface area contributed by atoms with Crippen molar-refractivity contribution in [3.8, 4) is 0 Å². The van der Waals surface area contributed by atoms with E-state index in [4.69, 9.17) is 0 Å². The first-order chi connectivity index (χ1) is 9.33. The predicted molar refractivity (Wildman–Crippen MR) is 76.1 cm³/mol. The Morgan fingerprint density at radius 2 is 2.00 bits per heavy atom. The van der Waals surface area contributed by atoms with Crippen molar-refractivity contribution in [1.82, 2.24) is 10.2 Å². The molecule has 1 aromatic rings. The molecule has 1 aliphatic heterocycles. The van der Waals surface area contributed by atoms with Crippen molar-refractivity contribution in [2.24, 2.45) is 5.92 Å². The van der Waals surface area contributed by atoms with Crippen molar-refractivity contribution in [2.75, 3.05) is 19.6 Å². The number of amides is 1. The Balaban J connectivity index is 1.56. The van der Waals surface area contributed by atoms with Gasteiger partial charge in [-0.05, 0) is 50.3 Å². The van der Waals surface area contributed by atoms with Crippen LogP contribution in [-0.2, 0) is 0 Å². The number of likely N-dealkylation sites (tertiary alicyclic amines) is 1. The highest BCUT2D eigenvalue weighted by Gasteiger charge is 2.26. The van der Waals surface area contributed by atoms with Crippen LogP contribution >= 0.6 is 0 Å². The molecule has 2 aliphatic rings. The predicted octanol–water partition coefficient (Wildman–Crippen LogP) is 2.29. The van der Waals surface area contributed by atoms with E-state index in [1.54, 1.807) is 0 Å². The molecule has 1 unspecified atom stereocenters. The smallest absolute Gasteiger partial charge is 0.253 e. The lowest BCUT2D eigenvalue weighted by atomic mass is 10.0. The standard InChI is InChI=1S/C16H22N2O/c19-16(14-5-2-1-3-6-14)18-10-4-7-15(12-18)17-11-13-8-9-13/h1-3,5-6,13,15,17H,4,7-12H2. The minimum atomic E-state index is 0.179. The zero-order valence-electron chi connectivity index (χ0n) is 11.3. The van der Waals surface area contributed by atoms with E-state index in [0.29, 0.717) is 6.04 Å². The molecule has 2 fully saturated rings. The summed E-state index contributed by atoms with van der Waals surface area (Å²) in [6.45, 7) is 2.90. The van der Waals surface area contributed by atoms with Crippen LogP contribution in [0.15, 0.2) is 30.3 Å². The molecule has 3 rings (SSSR count). The average molecular weight is 258 g/mol. The second-order valence-corrected chi connectivity index (χ2v) is 5.81. The molecule has 1 atom stereocenters. The van der Waals surface area contributed by atoms with Crippen LogP contribution in [0, 0.1) is 5.92 Å². The van der Waals surface area contributed by atoms with Gasteiger partial charge in [0.15, 0.2) is 0 Å². The van der Waals surface area contributed by atoms with Gasteiger partial charge < -0.3 is 10.2 Å². The highest BCUT2D eigenvalue weighted by atomic mass is 16.2. The van der Waals surface area contributed by atoms with E-state index in [-0.39, 0.29) is 5.91 Å². The van der Waals surface area contributed by atoms with Gasteiger partial charge in [0.2, 0.25) is 0 Å². The van der Waals surface area contributed by atoms with Crippen LogP contribution in [0.1, 0.15) is 36.0 Å². The third kappa shape index (κ3) is 3.35. The van der Waals surface area contributed by atoms with Crippen molar-refractivity contribution in [3.63, 3.8) is 0 Å². The molecule has 0 radical (unpaired) electrons. The van der Waals surface area contributed by atoms with Crippen molar-refractivity contribution in [2.45, 2.75) is 31.7 Å². The van der Waals surface area contributed by atoms with E-state index in [0.717, 1.165) is 37.5 Å². The van der Waals surface area contributed by atoms with Gasteiger partial charge in [0.05, 0.1) is 0 Å². The molecule has 1 saturated carbocycles. The van der Waals surface area contributed by atoms with Crippen LogP contribution in [0.4, 0.5) is 0 Å². The van der Waals surface area contributed by atoms with E-state index in [2.05, 4.69) is 5.32 Å². The van der Waals surface area contributed by atoms with E-state index in [1.807, 2.05) is 35.2 Å². The van der Waals surface area contributed by atoms with Crippen molar-refractivity contribution >= 4 is 5.91 Å². The molecule has 102 valence electrons. The molecular formula is C16H22N2O. The SMILES string of the molecule is O=C(c1ccccc1)N1CCCC(NCC2CC2)C1. The molecule has 0 aromatic heterocycles. The third-order valence-electron chi connectivity index (χ3n) is 4.12. The number of nitrogens with zero attached hydrogens (tertiary/aromatic N) is 1. The van der Waals surface area contributed by atoms with Crippen molar-refractivity contribution in [1.29, 1.82) is 0 Å². The summed E-state index contributed by atoms with van der Waals surface area (Å²) in [6, 6.07) is 10.1. The fourth-order valence-electron chi connectivity index (χ4n) is 2.75. The Labute approximate surface area is 115 Å². The molecule has 1 heterocycles. The summed E-state index contributed by atoms with van der Waals surface area (Å²) < 4.78 is 0. The molecule has 0 bridgehead atoms. The molecule has 1 aliphatic carbocycles. The largest absolute Gasteiger partial charge is 0.337 e. The maximum Gasteiger partial charge on any atom is 0.253 e. The topological polar surface area (TPSA) is 32.3 Å². The molecular weight excluding hydrogens is 236 g/mol. The molecule has 19 heavy (non-hydrogen) atoms. The Hall–Kier alpha value is -1.35. The second-order valence-electron chi connectivity index (χ2n) is 5.81. The summed E-state index contributed by atoms with van der Waals surface area (Å²) in [6.07, 6.45) is 5.07. The summed E-state index contributed by atoms with van der Waals surface area (Å²) in [4.78, 5) is 14.4. The molecule has 3 nitrogen and oxygen atoms in total. The number of piperidine rings is 1. The summed E-state index contributed by atoms with van der Waals surface area (Å²) >= 11 is 0. The van der Waals surface area contributed by atoms with Gasteiger partial charge in [-0.3, -0.25) is 4.79 Å². The van der Waals surface area contributed by atoms with Gasteiger partial charge >= 0.3 is 0 Å². The monoisotopic (exact) mass is 258 g/mol. The number of nitrogens with one attached hydrogen (secondary N) is 1. The van der Waals surface area contributed by atoms with Crippen LogP contribution in [0.5, 0.6) is 0 Å². The van der Waals surface area contributed by atoms with Crippen LogP contribution < -0.4 is 5.32 Å². The van der Waals surface area contributed by atoms with Gasteiger partial charge in [0.25, 0.3) is 5.91 Å². The molecule has 0 spiro atoms. The van der Waals surface area contributed by atoms with Gasteiger partial charge in [0, 0.05) is 24.7 Å². The number of carbonyl (C=O) groups is 1. The molecule has 1 aromatic carbocycles. The Morgan fingerprint density at radius 3 is 2.74 bits per heavy atom. The number of hydrogen-bond donors (Lipinski definition) is 1. The van der Waals surface area contributed by atoms with E-state index in [9.17, 15) is 4.79 Å². The minimum absolute atomic E-state index is 0.179. The Kier molecular flexibility index (Phi) is 3.83. The first-order valence-electron chi connectivity index (χ1n) is 7.40. The zero-order valence-corrected chi connectivity index (χ0v) is 11.3. The lowest BCUT2D eigenvalue weighted by Crippen LogP contribution is -2.48. The lowest BCUT2D eigenvalue weighted by molar-refractivity contribution is 0.0694. The fourth-order valence-corrected chi connectivity index (χ4v) is 2.75. The molecule has 1 N–H and O–H groups in total. The summed E-state index contributed by atoms with van der Waals surface area (Å²) in [5.41, 5.74) is 0.811. The van der Waals surface area contributed by atoms with Crippen molar-refractivity contribution < 1.29 is 4.79 Å². The Morgan fingerprint density at radius 1 is 1.21 bits per heavy atom. The van der Waals surface area contributed by atoms with E-state index < -0.39 is 0 Å². The van der Waals surface area contributed by atoms with Crippen molar-refractivity contribution in [3.05, 3.63) is 35.9 Å². The third-order valence-corrected chi connectivity index (χ3v) is 4.12. The maximum atomic E-state index is 12.4.